The molecule has 0 bridgehead atoms. The summed E-state index contributed by atoms with van der Waals surface area (Å²) in [5, 5.41) is 0.0224. The fourth-order valence-corrected chi connectivity index (χ4v) is 1.96. The highest BCUT2D eigenvalue weighted by Crippen LogP contribution is 2.31. The molecule has 2 rings (SSSR count). The van der Waals surface area contributed by atoms with Crippen LogP contribution in [-0.4, -0.2) is 31.0 Å². The van der Waals surface area contributed by atoms with E-state index in [2.05, 4.69) is 14.2 Å². The Balaban J connectivity index is 2.59. The van der Waals surface area contributed by atoms with Gasteiger partial charge in [-0.1, -0.05) is 0 Å². The second-order valence-electron chi connectivity index (χ2n) is 3.97. The number of halogens is 3. The van der Waals surface area contributed by atoms with Crippen molar-refractivity contribution >= 4 is 21.0 Å². The molecule has 0 aromatic carbocycles. The summed E-state index contributed by atoms with van der Waals surface area (Å²) in [5.74, 6) is -0.463. The Morgan fingerprint density at radius 1 is 1.19 bits per heavy atom. The normalized spacial score (nSPS) is 12.4. The number of hydrogen-bond donors (Lipinski definition) is 0. The highest BCUT2D eigenvalue weighted by Gasteiger charge is 2.49. The quantitative estimate of drug-likeness (QED) is 0.636. The predicted molar refractivity (Wildman–Crippen MR) is 66.4 cm³/mol. The number of ether oxygens (including phenoxy) is 1. The fourth-order valence-electron chi connectivity index (χ4n) is 1.53. The molecule has 2 heterocycles. The lowest BCUT2D eigenvalue weighted by molar-refractivity contribution is -0.0500. The first-order valence-electron chi connectivity index (χ1n) is 5.47. The lowest BCUT2D eigenvalue weighted by Crippen LogP contribution is -2.28. The fraction of sp³-hybridized carbons (Fsp3) is 0.273. The molecule has 0 aliphatic heterocycles. The molecule has 0 saturated carbocycles. The van der Waals surface area contributed by atoms with Gasteiger partial charge < -0.3 is 8.92 Å². The van der Waals surface area contributed by atoms with E-state index in [1.807, 2.05) is 0 Å². The summed E-state index contributed by atoms with van der Waals surface area (Å²) >= 11 is 0. The molecule has 0 N–H and O–H groups in total. The van der Waals surface area contributed by atoms with Gasteiger partial charge in [-0.3, -0.25) is 0 Å². The standard InChI is InChI=1S/C11H9F3N2O4S/c1-6-5-8-7(3-4-9(16-8)19-2)10(15-6)20-21(17,18)11(12,13)14/h3-5H,1-2H3. The average Bonchev–Trinajstić information content (AvgIpc) is 2.35. The van der Waals surface area contributed by atoms with Crippen LogP contribution in [0.3, 0.4) is 0 Å². The maximum atomic E-state index is 12.4. The van der Waals surface area contributed by atoms with Crippen molar-refractivity contribution in [3.05, 3.63) is 23.9 Å². The molecule has 0 unspecified atom stereocenters. The van der Waals surface area contributed by atoms with Gasteiger partial charge in [-0.25, -0.2) is 9.97 Å². The number of hydrogen-bond acceptors (Lipinski definition) is 6. The molecule has 6 nitrogen and oxygen atoms in total. The molecule has 0 amide bonds. The van der Waals surface area contributed by atoms with Gasteiger partial charge in [0.1, 0.15) is 0 Å². The third kappa shape index (κ3) is 2.99. The Labute approximate surface area is 117 Å². The van der Waals surface area contributed by atoms with Crippen molar-refractivity contribution in [1.29, 1.82) is 0 Å². The Hall–Kier alpha value is -2.10. The summed E-state index contributed by atoms with van der Waals surface area (Å²) in [4.78, 5) is 7.66. The summed E-state index contributed by atoms with van der Waals surface area (Å²) in [6, 6.07) is 4.13. The zero-order valence-electron chi connectivity index (χ0n) is 10.8. The van der Waals surface area contributed by atoms with Gasteiger partial charge in [-0.05, 0) is 19.1 Å². The van der Waals surface area contributed by atoms with Crippen LogP contribution in [-0.2, 0) is 10.1 Å². The first-order chi connectivity index (χ1) is 9.64. The smallest absolute Gasteiger partial charge is 0.481 e. The third-order valence-electron chi connectivity index (χ3n) is 2.43. The maximum absolute atomic E-state index is 12.4. The minimum Gasteiger partial charge on any atom is -0.481 e. The molecule has 2 aromatic rings. The molecular weight excluding hydrogens is 313 g/mol. The van der Waals surface area contributed by atoms with Crippen molar-refractivity contribution in [2.75, 3.05) is 7.11 Å². The Morgan fingerprint density at radius 3 is 2.43 bits per heavy atom. The number of methoxy groups -OCH3 is 1. The number of aromatic nitrogens is 2. The Bertz CT molecular complexity index is 790. The molecule has 0 aliphatic carbocycles. The van der Waals surface area contributed by atoms with Crippen molar-refractivity contribution in [2.24, 2.45) is 0 Å². The van der Waals surface area contributed by atoms with E-state index in [4.69, 9.17) is 4.74 Å². The largest absolute Gasteiger partial charge is 0.534 e. The third-order valence-corrected chi connectivity index (χ3v) is 3.38. The van der Waals surface area contributed by atoms with Crippen molar-refractivity contribution in [2.45, 2.75) is 12.4 Å². The highest BCUT2D eigenvalue weighted by molar-refractivity contribution is 7.88. The first-order valence-corrected chi connectivity index (χ1v) is 6.88. The predicted octanol–water partition coefficient (Wildman–Crippen LogP) is 2.18. The van der Waals surface area contributed by atoms with E-state index in [1.165, 1.54) is 32.2 Å². The number of alkyl halides is 3. The van der Waals surface area contributed by atoms with Crippen LogP contribution in [0.4, 0.5) is 13.2 Å². The van der Waals surface area contributed by atoms with Gasteiger partial charge in [0, 0.05) is 11.8 Å². The van der Waals surface area contributed by atoms with Crippen LogP contribution in [0.2, 0.25) is 0 Å². The zero-order valence-corrected chi connectivity index (χ0v) is 11.6. The van der Waals surface area contributed by atoms with E-state index in [0.717, 1.165) is 0 Å². The second kappa shape index (κ2) is 5.02. The number of nitrogens with zero attached hydrogens (tertiary/aromatic N) is 2. The van der Waals surface area contributed by atoms with Gasteiger partial charge in [0.25, 0.3) is 0 Å². The monoisotopic (exact) mass is 322 g/mol. The molecule has 0 spiro atoms. The first kappa shape index (κ1) is 15.3. The Morgan fingerprint density at radius 2 is 1.86 bits per heavy atom. The van der Waals surface area contributed by atoms with Gasteiger partial charge in [0.15, 0.2) is 0 Å². The lowest BCUT2D eigenvalue weighted by Gasteiger charge is -2.11. The van der Waals surface area contributed by atoms with Gasteiger partial charge in [0.2, 0.25) is 11.8 Å². The zero-order chi connectivity index (χ0) is 15.8. The molecule has 10 heteroatoms. The molecule has 0 aliphatic rings. The van der Waals surface area contributed by atoms with Crippen LogP contribution in [0.15, 0.2) is 18.2 Å². The van der Waals surface area contributed by atoms with E-state index in [-0.39, 0.29) is 22.5 Å². The minimum absolute atomic E-state index is 0.0224. The Kier molecular flexibility index (Phi) is 3.66. The summed E-state index contributed by atoms with van der Waals surface area (Å²) in [6.45, 7) is 1.47. The van der Waals surface area contributed by atoms with Gasteiger partial charge in [-0.2, -0.15) is 21.6 Å². The van der Waals surface area contributed by atoms with Gasteiger partial charge in [-0.15, -0.1) is 0 Å². The summed E-state index contributed by atoms with van der Waals surface area (Å²) in [6.07, 6.45) is 0. The minimum atomic E-state index is -5.80. The number of fused-ring (bicyclic) bond motifs is 1. The van der Waals surface area contributed by atoms with E-state index < -0.39 is 21.5 Å². The number of aryl methyl sites for hydroxylation is 1. The molecule has 0 fully saturated rings. The van der Waals surface area contributed by atoms with Crippen LogP contribution in [0.1, 0.15) is 5.69 Å². The van der Waals surface area contributed by atoms with Crippen LogP contribution in [0.25, 0.3) is 10.9 Å². The summed E-state index contributed by atoms with van der Waals surface area (Å²) in [5.41, 5.74) is -5.09. The number of rotatable bonds is 3. The van der Waals surface area contributed by atoms with Crippen LogP contribution < -0.4 is 8.92 Å². The molecule has 0 saturated heterocycles. The van der Waals surface area contributed by atoms with Crippen molar-refractivity contribution in [3.63, 3.8) is 0 Å². The second-order valence-corrected chi connectivity index (χ2v) is 5.51. The maximum Gasteiger partial charge on any atom is 0.534 e. The summed E-state index contributed by atoms with van der Waals surface area (Å²) in [7, 11) is -4.43. The van der Waals surface area contributed by atoms with Gasteiger partial charge >= 0.3 is 15.6 Å². The SMILES string of the molecule is COc1ccc2c(OS(=O)(=O)C(F)(F)F)nc(C)cc2n1. The highest BCUT2D eigenvalue weighted by atomic mass is 32.2. The van der Waals surface area contributed by atoms with Crippen LogP contribution in [0, 0.1) is 6.92 Å². The topological polar surface area (TPSA) is 78.4 Å². The van der Waals surface area contributed by atoms with E-state index in [1.54, 1.807) is 0 Å². The molecule has 0 radical (unpaired) electrons. The lowest BCUT2D eigenvalue weighted by atomic mass is 10.2. The van der Waals surface area contributed by atoms with Crippen LogP contribution >= 0.6 is 0 Å². The van der Waals surface area contributed by atoms with E-state index in [0.29, 0.717) is 0 Å². The molecule has 0 atom stereocenters. The van der Waals surface area contributed by atoms with Crippen molar-refractivity contribution < 1.29 is 30.5 Å². The van der Waals surface area contributed by atoms with Gasteiger partial charge in [0.05, 0.1) is 18.0 Å². The molecule has 2 aromatic heterocycles. The average molecular weight is 322 g/mol. The van der Waals surface area contributed by atoms with Crippen LogP contribution in [0.5, 0.6) is 11.8 Å². The summed E-state index contributed by atoms with van der Waals surface area (Å²) < 4.78 is 68.2. The van der Waals surface area contributed by atoms with E-state index in [9.17, 15) is 21.6 Å². The van der Waals surface area contributed by atoms with Crippen molar-refractivity contribution in [1.82, 2.24) is 9.97 Å². The molecule has 114 valence electrons. The molecule has 21 heavy (non-hydrogen) atoms. The number of pyridine rings is 2. The molecular formula is C11H9F3N2O4S. The van der Waals surface area contributed by atoms with Crippen molar-refractivity contribution in [3.8, 4) is 11.8 Å². The van der Waals surface area contributed by atoms with E-state index >= 15 is 0 Å².